The van der Waals surface area contributed by atoms with Gasteiger partial charge in [-0.2, -0.15) is 0 Å². The molecule has 0 amide bonds. The van der Waals surface area contributed by atoms with E-state index in [1.165, 1.54) is 56.1 Å². The molecule has 0 aromatic heterocycles. The Labute approximate surface area is 175 Å². The van der Waals surface area contributed by atoms with E-state index in [1.54, 1.807) is 7.11 Å². The summed E-state index contributed by atoms with van der Waals surface area (Å²) >= 11 is 0. The fourth-order valence-corrected chi connectivity index (χ4v) is 9.69. The van der Waals surface area contributed by atoms with Crippen molar-refractivity contribution in [3.8, 4) is 17.2 Å². The van der Waals surface area contributed by atoms with E-state index >= 15 is 0 Å². The molecule has 0 N–H and O–H groups in total. The lowest BCUT2D eigenvalue weighted by atomic mass is 9.47. The minimum atomic E-state index is 0.525. The fourth-order valence-electron chi connectivity index (χ4n) is 9.69. The molecule has 2 bridgehead atoms. The third-order valence-electron chi connectivity index (χ3n) is 10.8. The number of rotatable bonds is 2. The van der Waals surface area contributed by atoms with Crippen LogP contribution in [0.2, 0.25) is 0 Å². The third kappa shape index (κ3) is 1.92. The van der Waals surface area contributed by atoms with Crippen molar-refractivity contribution >= 4 is 0 Å². The van der Waals surface area contributed by atoms with Crippen LogP contribution in [0.3, 0.4) is 0 Å². The molecule has 158 valence electrons. The number of hydrogen-bond donors (Lipinski definition) is 0. The lowest BCUT2D eigenvalue weighted by Crippen LogP contribution is -2.50. The first-order valence-electron chi connectivity index (χ1n) is 12.0. The van der Waals surface area contributed by atoms with Crippen LogP contribution in [0.1, 0.15) is 82.8 Å². The molecule has 3 saturated carbocycles. The number of methoxy groups -OCH3 is 1. The van der Waals surface area contributed by atoms with Gasteiger partial charge in [0.1, 0.15) is 13.2 Å². The zero-order chi connectivity index (χ0) is 20.0. The highest BCUT2D eigenvalue weighted by atomic mass is 16.6. The molecular weight excluding hydrogens is 360 g/mol. The summed E-state index contributed by atoms with van der Waals surface area (Å²) in [5.74, 6) is 5.04. The number of hydrogen-bond acceptors (Lipinski definition) is 3. The first-order chi connectivity index (χ1) is 14.0. The summed E-state index contributed by atoms with van der Waals surface area (Å²) in [6.07, 6.45) is 10.9. The largest absolute Gasteiger partial charge is 0.493 e. The van der Waals surface area contributed by atoms with Crippen LogP contribution < -0.4 is 14.2 Å². The van der Waals surface area contributed by atoms with Gasteiger partial charge >= 0.3 is 0 Å². The zero-order valence-electron chi connectivity index (χ0n) is 18.6. The molecular formula is C26H36O3. The highest BCUT2D eigenvalue weighted by Gasteiger charge is 2.74. The fraction of sp³-hybridized carbons (Fsp3) is 0.769. The second kappa shape index (κ2) is 5.86. The molecule has 6 atom stereocenters. The van der Waals surface area contributed by atoms with E-state index < -0.39 is 0 Å². The van der Waals surface area contributed by atoms with Crippen LogP contribution in [-0.4, -0.2) is 20.3 Å². The Bertz CT molecular complexity index is 862. The first-order valence-corrected chi connectivity index (χ1v) is 12.0. The molecule has 1 aromatic rings. The lowest BCUT2D eigenvalue weighted by Gasteiger charge is -2.58. The first kappa shape index (κ1) is 18.4. The molecule has 4 aliphatic carbocycles. The monoisotopic (exact) mass is 396 g/mol. The predicted octanol–water partition coefficient (Wildman–Crippen LogP) is 6.13. The van der Waals surface area contributed by atoms with E-state index in [2.05, 4.69) is 26.8 Å². The molecule has 1 unspecified atom stereocenters. The van der Waals surface area contributed by atoms with Gasteiger partial charge in [-0.05, 0) is 97.0 Å². The molecule has 3 fully saturated rings. The van der Waals surface area contributed by atoms with Crippen molar-refractivity contribution in [1.29, 1.82) is 0 Å². The number of aryl methyl sites for hydroxylation is 1. The summed E-state index contributed by atoms with van der Waals surface area (Å²) in [6.45, 7) is 9.02. The van der Waals surface area contributed by atoms with Gasteiger partial charge in [0.25, 0.3) is 0 Å². The van der Waals surface area contributed by atoms with Gasteiger partial charge in [0.2, 0.25) is 5.75 Å². The zero-order valence-corrected chi connectivity index (χ0v) is 18.6. The van der Waals surface area contributed by atoms with Gasteiger partial charge in [0.15, 0.2) is 11.5 Å². The summed E-state index contributed by atoms with van der Waals surface area (Å²) in [6, 6.07) is 2.26. The molecule has 3 nitrogen and oxygen atoms in total. The van der Waals surface area contributed by atoms with Crippen molar-refractivity contribution in [1.82, 2.24) is 0 Å². The SMILES string of the molecule is CC[C@@]12CCC3(C[C@H]1C)[C@@H]1CCc4cc(OC)c5c(c4[C@H]1CC[C@@]32C)OCCO5. The standard InChI is InChI=1S/C26H36O3/c1-5-25-10-11-26(15-16(25)2)19-7-6-17-14-20(27-4)22-23(29-13-12-28-22)21(17)18(19)8-9-24(25,26)3/h14,16,18-19H,5-13,15H2,1-4H3/t16-,18+,19-,24-,25-,26?/m1/s1. The molecule has 0 saturated heterocycles. The van der Waals surface area contributed by atoms with E-state index in [1.807, 2.05) is 0 Å². The van der Waals surface area contributed by atoms with Gasteiger partial charge in [-0.25, -0.2) is 0 Å². The summed E-state index contributed by atoms with van der Waals surface area (Å²) < 4.78 is 18.0. The average molecular weight is 397 g/mol. The van der Waals surface area contributed by atoms with Gasteiger partial charge in [-0.3, -0.25) is 0 Å². The molecule has 3 heteroatoms. The summed E-state index contributed by atoms with van der Waals surface area (Å²) in [5.41, 5.74) is 4.58. The van der Waals surface area contributed by atoms with Gasteiger partial charge in [-0.15, -0.1) is 0 Å². The predicted molar refractivity (Wildman–Crippen MR) is 114 cm³/mol. The highest BCUT2D eigenvalue weighted by molar-refractivity contribution is 5.62. The molecule has 1 heterocycles. The van der Waals surface area contributed by atoms with Crippen LogP contribution in [0.15, 0.2) is 6.07 Å². The summed E-state index contributed by atoms with van der Waals surface area (Å²) in [5, 5.41) is 0. The van der Waals surface area contributed by atoms with E-state index in [0.29, 0.717) is 35.4 Å². The van der Waals surface area contributed by atoms with Gasteiger partial charge < -0.3 is 14.2 Å². The third-order valence-corrected chi connectivity index (χ3v) is 10.8. The average Bonchev–Trinajstić information content (AvgIpc) is 3.12. The van der Waals surface area contributed by atoms with Crippen molar-refractivity contribution in [2.45, 2.75) is 78.1 Å². The van der Waals surface area contributed by atoms with Crippen molar-refractivity contribution < 1.29 is 14.2 Å². The maximum absolute atomic E-state index is 6.28. The smallest absolute Gasteiger partial charge is 0.204 e. The van der Waals surface area contributed by atoms with Crippen LogP contribution in [0.5, 0.6) is 17.2 Å². The molecule has 0 spiro atoms. The van der Waals surface area contributed by atoms with Crippen molar-refractivity contribution in [3.05, 3.63) is 17.2 Å². The quantitative estimate of drug-likeness (QED) is 0.602. The molecule has 29 heavy (non-hydrogen) atoms. The second-order valence-electron chi connectivity index (χ2n) is 10.9. The molecule has 1 aromatic carbocycles. The van der Waals surface area contributed by atoms with Crippen molar-refractivity contribution in [2.24, 2.45) is 28.1 Å². The molecule has 5 aliphatic rings. The van der Waals surface area contributed by atoms with Gasteiger partial charge in [0, 0.05) is 5.56 Å². The lowest BCUT2D eigenvalue weighted by molar-refractivity contribution is -0.0597. The van der Waals surface area contributed by atoms with E-state index in [-0.39, 0.29) is 0 Å². The Hall–Kier alpha value is -1.38. The van der Waals surface area contributed by atoms with E-state index in [9.17, 15) is 0 Å². The van der Waals surface area contributed by atoms with Crippen LogP contribution >= 0.6 is 0 Å². The van der Waals surface area contributed by atoms with E-state index in [0.717, 1.165) is 35.5 Å². The number of fused-ring (bicyclic) bond motifs is 5. The normalized spacial score (nSPS) is 44.1. The Morgan fingerprint density at radius 2 is 1.90 bits per heavy atom. The van der Waals surface area contributed by atoms with Crippen molar-refractivity contribution in [2.75, 3.05) is 20.3 Å². The maximum Gasteiger partial charge on any atom is 0.204 e. The van der Waals surface area contributed by atoms with Gasteiger partial charge in [-0.1, -0.05) is 20.8 Å². The number of benzene rings is 1. The van der Waals surface area contributed by atoms with Gasteiger partial charge in [0.05, 0.1) is 7.11 Å². The Kier molecular flexibility index (Phi) is 3.71. The molecule has 6 rings (SSSR count). The van der Waals surface area contributed by atoms with Crippen LogP contribution in [0.4, 0.5) is 0 Å². The van der Waals surface area contributed by atoms with Crippen LogP contribution in [-0.2, 0) is 6.42 Å². The Balaban J connectivity index is 1.49. The Morgan fingerprint density at radius 1 is 1.10 bits per heavy atom. The summed E-state index contributed by atoms with van der Waals surface area (Å²) in [4.78, 5) is 0. The Morgan fingerprint density at radius 3 is 2.62 bits per heavy atom. The van der Waals surface area contributed by atoms with Crippen LogP contribution in [0, 0.1) is 28.1 Å². The second-order valence-corrected chi connectivity index (χ2v) is 10.9. The topological polar surface area (TPSA) is 27.7 Å². The highest BCUT2D eigenvalue weighted by Crippen LogP contribution is 2.83. The minimum absolute atomic E-state index is 0.525. The van der Waals surface area contributed by atoms with Crippen molar-refractivity contribution in [3.63, 3.8) is 0 Å². The summed E-state index contributed by atoms with van der Waals surface area (Å²) in [7, 11) is 1.75. The number of ether oxygens (including phenoxy) is 3. The molecule has 1 aliphatic heterocycles. The van der Waals surface area contributed by atoms with Crippen LogP contribution in [0.25, 0.3) is 0 Å². The molecule has 0 radical (unpaired) electrons. The van der Waals surface area contributed by atoms with E-state index in [4.69, 9.17) is 14.2 Å². The minimum Gasteiger partial charge on any atom is -0.493 e. The maximum atomic E-state index is 6.28.